The van der Waals surface area contributed by atoms with E-state index in [4.69, 9.17) is 9.73 Å². The highest BCUT2D eigenvalue weighted by Crippen LogP contribution is 2.34. The van der Waals surface area contributed by atoms with E-state index >= 15 is 0 Å². The third-order valence-corrected chi connectivity index (χ3v) is 5.86. The summed E-state index contributed by atoms with van der Waals surface area (Å²) < 4.78 is 7.64. The summed E-state index contributed by atoms with van der Waals surface area (Å²) in [6, 6.07) is 3.97. The molecule has 1 aromatic heterocycles. The molecule has 25 heavy (non-hydrogen) atoms. The van der Waals surface area contributed by atoms with Crippen molar-refractivity contribution in [3.63, 3.8) is 0 Å². The first kappa shape index (κ1) is 18.2. The molecule has 0 unspecified atom stereocenters. The molecule has 0 radical (unpaired) electrons. The molecule has 0 amide bonds. The van der Waals surface area contributed by atoms with Crippen LogP contribution in [0.25, 0.3) is 0 Å². The zero-order valence-corrected chi connectivity index (χ0v) is 16.8. The fourth-order valence-corrected chi connectivity index (χ4v) is 4.27. The van der Waals surface area contributed by atoms with Gasteiger partial charge in [0.05, 0.1) is 29.5 Å². The van der Waals surface area contributed by atoms with Gasteiger partial charge in [0, 0.05) is 5.38 Å². The second-order valence-electron chi connectivity index (χ2n) is 6.19. The average molecular weight is 424 g/mol. The van der Waals surface area contributed by atoms with Gasteiger partial charge < -0.3 is 9.84 Å². The standard InChI is InChI=1S/C18H22BrN3O2S/c1-12-11-25-18(21-14-6-4-3-5-7-14)22(12)20-10-13-8-15(19)17(23)16(9-13)24-2/h8-11,14,23H,3-7H2,1-2H3. The van der Waals surface area contributed by atoms with E-state index in [0.29, 0.717) is 16.3 Å². The van der Waals surface area contributed by atoms with Crippen LogP contribution in [0.3, 0.4) is 0 Å². The van der Waals surface area contributed by atoms with Crippen molar-refractivity contribution in [2.24, 2.45) is 10.1 Å². The Kier molecular flexibility index (Phi) is 5.96. The number of phenols is 1. The van der Waals surface area contributed by atoms with E-state index in [1.54, 1.807) is 23.6 Å². The third-order valence-electron chi connectivity index (χ3n) is 4.31. The average Bonchev–Trinajstić information content (AvgIpc) is 2.96. The molecule has 0 aliphatic heterocycles. The molecular weight excluding hydrogens is 402 g/mol. The van der Waals surface area contributed by atoms with Crippen LogP contribution in [0, 0.1) is 6.92 Å². The fraction of sp³-hybridized carbons (Fsp3) is 0.444. The largest absolute Gasteiger partial charge is 0.503 e. The zero-order valence-electron chi connectivity index (χ0n) is 14.4. The van der Waals surface area contributed by atoms with Crippen LogP contribution in [0.5, 0.6) is 11.5 Å². The number of aromatic hydroxyl groups is 1. The third kappa shape index (κ3) is 4.33. The molecule has 0 atom stereocenters. The number of aromatic nitrogens is 1. The topological polar surface area (TPSA) is 59.1 Å². The highest BCUT2D eigenvalue weighted by Gasteiger charge is 2.12. The van der Waals surface area contributed by atoms with Gasteiger partial charge in [-0.15, -0.1) is 11.3 Å². The van der Waals surface area contributed by atoms with E-state index in [1.165, 1.54) is 39.2 Å². The van der Waals surface area contributed by atoms with Crippen molar-refractivity contribution in [3.05, 3.63) is 38.0 Å². The summed E-state index contributed by atoms with van der Waals surface area (Å²) in [7, 11) is 1.53. The highest BCUT2D eigenvalue weighted by molar-refractivity contribution is 9.10. The van der Waals surface area contributed by atoms with E-state index < -0.39 is 0 Å². The van der Waals surface area contributed by atoms with E-state index in [2.05, 4.69) is 26.4 Å². The number of thiazole rings is 1. The van der Waals surface area contributed by atoms with Crippen LogP contribution >= 0.6 is 27.3 Å². The minimum Gasteiger partial charge on any atom is -0.503 e. The molecule has 1 N–H and O–H groups in total. The molecular formula is C18H22BrN3O2S. The maximum absolute atomic E-state index is 9.91. The van der Waals surface area contributed by atoms with Crippen molar-refractivity contribution < 1.29 is 9.84 Å². The predicted octanol–water partition coefficient (Wildman–Crippen LogP) is 4.45. The van der Waals surface area contributed by atoms with Crippen LogP contribution in [-0.2, 0) is 0 Å². The second-order valence-corrected chi connectivity index (χ2v) is 7.88. The highest BCUT2D eigenvalue weighted by atomic mass is 79.9. The first-order valence-electron chi connectivity index (χ1n) is 8.40. The number of methoxy groups -OCH3 is 1. The molecule has 0 saturated heterocycles. The van der Waals surface area contributed by atoms with E-state index in [1.807, 2.05) is 17.7 Å². The number of rotatable bonds is 4. The van der Waals surface area contributed by atoms with Gasteiger partial charge in [0.15, 0.2) is 11.5 Å². The molecule has 1 saturated carbocycles. The fourth-order valence-electron chi connectivity index (χ4n) is 2.93. The van der Waals surface area contributed by atoms with Crippen molar-refractivity contribution >= 4 is 33.5 Å². The number of ether oxygens (including phenoxy) is 1. The maximum Gasteiger partial charge on any atom is 0.206 e. The van der Waals surface area contributed by atoms with E-state index in [9.17, 15) is 5.11 Å². The van der Waals surface area contributed by atoms with Gasteiger partial charge in [0.2, 0.25) is 4.80 Å². The summed E-state index contributed by atoms with van der Waals surface area (Å²) in [6.45, 7) is 2.03. The first-order valence-corrected chi connectivity index (χ1v) is 10.1. The lowest BCUT2D eigenvalue weighted by molar-refractivity contribution is 0.372. The monoisotopic (exact) mass is 423 g/mol. The Bertz CT molecular complexity index is 835. The molecule has 1 aromatic carbocycles. The summed E-state index contributed by atoms with van der Waals surface area (Å²) in [5.74, 6) is 0.502. The molecule has 1 heterocycles. The van der Waals surface area contributed by atoms with Crippen molar-refractivity contribution in [2.45, 2.75) is 45.1 Å². The number of hydrogen-bond donors (Lipinski definition) is 1. The first-order chi connectivity index (χ1) is 12.1. The van der Waals surface area contributed by atoms with Gasteiger partial charge in [-0.1, -0.05) is 19.3 Å². The van der Waals surface area contributed by atoms with Crippen molar-refractivity contribution in [2.75, 3.05) is 7.11 Å². The zero-order chi connectivity index (χ0) is 17.8. The quantitative estimate of drug-likeness (QED) is 0.738. The van der Waals surface area contributed by atoms with Crippen LogP contribution in [0.1, 0.15) is 43.4 Å². The van der Waals surface area contributed by atoms with E-state index in [-0.39, 0.29) is 5.75 Å². The normalized spacial score (nSPS) is 16.7. The Balaban J connectivity index is 1.90. The van der Waals surface area contributed by atoms with Gasteiger partial charge in [0.25, 0.3) is 0 Å². The van der Waals surface area contributed by atoms with Crippen LogP contribution in [0.15, 0.2) is 32.1 Å². The number of benzene rings is 1. The van der Waals surface area contributed by atoms with Gasteiger partial charge in [-0.05, 0) is 53.4 Å². The van der Waals surface area contributed by atoms with Crippen molar-refractivity contribution in [1.82, 2.24) is 4.68 Å². The number of halogens is 1. The van der Waals surface area contributed by atoms with Crippen LogP contribution < -0.4 is 9.54 Å². The molecule has 0 bridgehead atoms. The van der Waals surface area contributed by atoms with Crippen molar-refractivity contribution in [3.8, 4) is 11.5 Å². The molecule has 2 aromatic rings. The predicted molar refractivity (Wildman–Crippen MR) is 105 cm³/mol. The summed E-state index contributed by atoms with van der Waals surface area (Å²) in [5.41, 5.74) is 1.89. The molecule has 134 valence electrons. The lowest BCUT2D eigenvalue weighted by Crippen LogP contribution is -2.19. The second kappa shape index (κ2) is 8.19. The Morgan fingerprint density at radius 2 is 2.08 bits per heavy atom. The minimum absolute atomic E-state index is 0.0898. The van der Waals surface area contributed by atoms with Crippen molar-refractivity contribution in [1.29, 1.82) is 0 Å². The molecule has 1 aliphatic rings. The summed E-state index contributed by atoms with van der Waals surface area (Å²) in [5, 5.41) is 16.6. The summed E-state index contributed by atoms with van der Waals surface area (Å²) in [4.78, 5) is 5.85. The van der Waals surface area contributed by atoms with Crippen LogP contribution in [0.2, 0.25) is 0 Å². The molecule has 1 fully saturated rings. The molecule has 0 spiro atoms. The smallest absolute Gasteiger partial charge is 0.206 e. The molecule has 1 aliphatic carbocycles. The van der Waals surface area contributed by atoms with E-state index in [0.717, 1.165) is 16.1 Å². The lowest BCUT2D eigenvalue weighted by Gasteiger charge is -2.16. The van der Waals surface area contributed by atoms with Gasteiger partial charge in [-0.2, -0.15) is 5.10 Å². The minimum atomic E-state index is 0.0898. The van der Waals surface area contributed by atoms with Gasteiger partial charge in [0.1, 0.15) is 0 Å². The van der Waals surface area contributed by atoms with Crippen LogP contribution in [-0.4, -0.2) is 29.1 Å². The molecule has 7 heteroatoms. The Hall–Kier alpha value is -1.60. The number of nitrogens with zero attached hydrogens (tertiary/aromatic N) is 3. The molecule has 3 rings (SSSR count). The summed E-state index contributed by atoms with van der Waals surface area (Å²) >= 11 is 4.96. The van der Waals surface area contributed by atoms with Gasteiger partial charge in [-0.25, -0.2) is 4.68 Å². The lowest BCUT2D eigenvalue weighted by atomic mass is 9.96. The summed E-state index contributed by atoms with van der Waals surface area (Å²) in [6.07, 6.45) is 7.95. The molecule has 5 nitrogen and oxygen atoms in total. The van der Waals surface area contributed by atoms with Gasteiger partial charge >= 0.3 is 0 Å². The number of aryl methyl sites for hydroxylation is 1. The number of hydrogen-bond acceptors (Lipinski definition) is 5. The Morgan fingerprint density at radius 1 is 1.32 bits per heavy atom. The SMILES string of the molecule is COc1cc(C=Nn2c(C)csc2=NC2CCCCC2)cc(Br)c1O. The number of phenolic OH excluding ortho intramolecular Hbond substituents is 1. The Labute approximate surface area is 159 Å². The van der Waals surface area contributed by atoms with Gasteiger partial charge in [-0.3, -0.25) is 4.99 Å². The Morgan fingerprint density at radius 3 is 2.80 bits per heavy atom. The van der Waals surface area contributed by atoms with Crippen LogP contribution in [0.4, 0.5) is 0 Å². The maximum atomic E-state index is 9.91.